The molecule has 0 spiro atoms. The van der Waals surface area contributed by atoms with Gasteiger partial charge in [0, 0.05) is 19.4 Å². The van der Waals surface area contributed by atoms with Crippen molar-refractivity contribution in [2.45, 2.75) is 70.3 Å². The minimum absolute atomic E-state index is 0.0306. The van der Waals surface area contributed by atoms with Gasteiger partial charge in [-0.15, -0.1) is 12.3 Å². The molecule has 1 aliphatic carbocycles. The molecule has 0 saturated heterocycles. The van der Waals surface area contributed by atoms with Crippen molar-refractivity contribution in [2.75, 3.05) is 6.54 Å². The third kappa shape index (κ3) is 6.11. The average molecular weight is 265 g/mol. The zero-order chi connectivity index (χ0) is 14.1. The van der Waals surface area contributed by atoms with Crippen LogP contribution in [0.1, 0.15) is 64.7 Å². The van der Waals surface area contributed by atoms with Crippen molar-refractivity contribution in [3.05, 3.63) is 0 Å². The number of rotatable bonds is 7. The number of aliphatic hydroxyl groups is 1. The second-order valence-corrected chi connectivity index (χ2v) is 5.76. The first-order valence-corrected chi connectivity index (χ1v) is 7.52. The second kappa shape index (κ2) is 8.22. The second-order valence-electron chi connectivity index (χ2n) is 5.76. The fourth-order valence-corrected chi connectivity index (χ4v) is 2.66. The van der Waals surface area contributed by atoms with Crippen LogP contribution in [0, 0.1) is 18.3 Å². The van der Waals surface area contributed by atoms with E-state index in [1.165, 1.54) is 6.42 Å². The van der Waals surface area contributed by atoms with Crippen molar-refractivity contribution >= 4 is 5.91 Å². The van der Waals surface area contributed by atoms with Gasteiger partial charge in [0.05, 0.1) is 5.60 Å². The molecule has 108 valence electrons. The van der Waals surface area contributed by atoms with Gasteiger partial charge in [0.1, 0.15) is 0 Å². The van der Waals surface area contributed by atoms with Crippen LogP contribution in [-0.2, 0) is 4.79 Å². The SMILES string of the molecule is C#CCCCCC(=O)NCC1(O)CCC(CC)CC1. The Kier molecular flexibility index (Phi) is 6.94. The van der Waals surface area contributed by atoms with Gasteiger partial charge in [0.2, 0.25) is 5.91 Å². The molecule has 0 aromatic rings. The molecule has 1 rings (SSSR count). The van der Waals surface area contributed by atoms with Crippen LogP contribution in [-0.4, -0.2) is 23.2 Å². The van der Waals surface area contributed by atoms with Crippen LogP contribution in [0.2, 0.25) is 0 Å². The maximum absolute atomic E-state index is 11.6. The smallest absolute Gasteiger partial charge is 0.220 e. The number of hydrogen-bond acceptors (Lipinski definition) is 2. The first-order valence-electron chi connectivity index (χ1n) is 7.52. The van der Waals surface area contributed by atoms with Crippen molar-refractivity contribution in [3.8, 4) is 12.3 Å². The van der Waals surface area contributed by atoms with Crippen molar-refractivity contribution in [2.24, 2.45) is 5.92 Å². The van der Waals surface area contributed by atoms with E-state index in [4.69, 9.17) is 6.42 Å². The molecule has 2 N–H and O–H groups in total. The lowest BCUT2D eigenvalue weighted by molar-refractivity contribution is -0.123. The maximum Gasteiger partial charge on any atom is 0.220 e. The molecular formula is C16H27NO2. The molecule has 0 unspecified atom stereocenters. The van der Waals surface area contributed by atoms with Gasteiger partial charge in [-0.1, -0.05) is 13.3 Å². The lowest BCUT2D eigenvalue weighted by atomic mass is 9.78. The molecule has 0 radical (unpaired) electrons. The van der Waals surface area contributed by atoms with Crippen LogP contribution in [0.3, 0.4) is 0 Å². The summed E-state index contributed by atoms with van der Waals surface area (Å²) in [5, 5.41) is 13.3. The maximum atomic E-state index is 11.6. The highest BCUT2D eigenvalue weighted by Gasteiger charge is 2.32. The number of nitrogens with one attached hydrogen (secondary N) is 1. The standard InChI is InChI=1S/C16H27NO2/c1-3-5-6-7-8-15(18)17-13-16(19)11-9-14(4-2)10-12-16/h1,14,19H,4-13H2,2H3,(H,17,18). The van der Waals surface area contributed by atoms with E-state index in [-0.39, 0.29) is 5.91 Å². The fraction of sp³-hybridized carbons (Fsp3) is 0.812. The van der Waals surface area contributed by atoms with Crippen LogP contribution in [0.15, 0.2) is 0 Å². The first-order chi connectivity index (χ1) is 9.09. The molecule has 1 saturated carbocycles. The van der Waals surface area contributed by atoms with E-state index in [9.17, 15) is 9.90 Å². The summed E-state index contributed by atoms with van der Waals surface area (Å²) >= 11 is 0. The monoisotopic (exact) mass is 265 g/mol. The minimum atomic E-state index is -0.680. The molecule has 0 bridgehead atoms. The first kappa shape index (κ1) is 16.0. The zero-order valence-corrected chi connectivity index (χ0v) is 12.1. The summed E-state index contributed by atoms with van der Waals surface area (Å²) in [4.78, 5) is 11.6. The van der Waals surface area contributed by atoms with E-state index in [0.717, 1.165) is 50.9 Å². The quantitative estimate of drug-likeness (QED) is 0.549. The highest BCUT2D eigenvalue weighted by atomic mass is 16.3. The van der Waals surface area contributed by atoms with Gasteiger partial charge >= 0.3 is 0 Å². The van der Waals surface area contributed by atoms with Gasteiger partial charge in [-0.05, 0) is 44.4 Å². The van der Waals surface area contributed by atoms with E-state index in [1.807, 2.05) is 0 Å². The van der Waals surface area contributed by atoms with E-state index < -0.39 is 5.60 Å². The Morgan fingerprint density at radius 1 is 1.42 bits per heavy atom. The molecular weight excluding hydrogens is 238 g/mol. The van der Waals surface area contributed by atoms with Crippen LogP contribution >= 0.6 is 0 Å². The van der Waals surface area contributed by atoms with Crippen LogP contribution < -0.4 is 5.32 Å². The highest BCUT2D eigenvalue weighted by Crippen LogP contribution is 2.33. The molecule has 19 heavy (non-hydrogen) atoms. The molecule has 1 fully saturated rings. The van der Waals surface area contributed by atoms with Crippen molar-refractivity contribution in [1.82, 2.24) is 5.32 Å². The molecule has 1 amide bonds. The summed E-state index contributed by atoms with van der Waals surface area (Å²) in [6, 6.07) is 0. The Labute approximate surface area is 117 Å². The number of carbonyl (C=O) groups excluding carboxylic acids is 1. The Morgan fingerprint density at radius 3 is 2.68 bits per heavy atom. The van der Waals surface area contributed by atoms with Gasteiger partial charge in [-0.3, -0.25) is 4.79 Å². The van der Waals surface area contributed by atoms with Crippen molar-refractivity contribution in [3.63, 3.8) is 0 Å². The summed E-state index contributed by atoms with van der Waals surface area (Å²) < 4.78 is 0. The molecule has 1 aliphatic rings. The number of carbonyl (C=O) groups is 1. The topological polar surface area (TPSA) is 49.3 Å². The van der Waals surface area contributed by atoms with E-state index in [1.54, 1.807) is 0 Å². The number of unbranched alkanes of at least 4 members (excludes halogenated alkanes) is 2. The Balaban J connectivity index is 2.17. The Hall–Kier alpha value is -1.01. The Bertz CT molecular complexity index is 311. The number of hydrogen-bond donors (Lipinski definition) is 2. The van der Waals surface area contributed by atoms with Crippen molar-refractivity contribution in [1.29, 1.82) is 0 Å². The summed E-state index contributed by atoms with van der Waals surface area (Å²) in [7, 11) is 0. The van der Waals surface area contributed by atoms with E-state index in [2.05, 4.69) is 18.2 Å². The van der Waals surface area contributed by atoms with Crippen LogP contribution in [0.5, 0.6) is 0 Å². The predicted octanol–water partition coefficient (Wildman–Crippen LogP) is 2.63. The largest absolute Gasteiger partial charge is 0.388 e. The summed E-state index contributed by atoms with van der Waals surface area (Å²) in [5.74, 6) is 3.35. The molecule has 0 aromatic carbocycles. The van der Waals surface area contributed by atoms with Crippen LogP contribution in [0.4, 0.5) is 0 Å². The zero-order valence-electron chi connectivity index (χ0n) is 12.1. The molecule has 0 heterocycles. The lowest BCUT2D eigenvalue weighted by Crippen LogP contribution is -2.45. The number of amides is 1. The molecule has 0 atom stereocenters. The summed E-state index contributed by atoms with van der Waals surface area (Å²) in [6.45, 7) is 2.60. The Morgan fingerprint density at radius 2 is 2.11 bits per heavy atom. The third-order valence-electron chi connectivity index (χ3n) is 4.20. The average Bonchev–Trinajstić information content (AvgIpc) is 2.42. The normalized spacial score (nSPS) is 26.7. The van der Waals surface area contributed by atoms with Crippen molar-refractivity contribution < 1.29 is 9.90 Å². The van der Waals surface area contributed by atoms with E-state index >= 15 is 0 Å². The molecule has 3 nitrogen and oxygen atoms in total. The van der Waals surface area contributed by atoms with Gasteiger partial charge in [0.25, 0.3) is 0 Å². The molecule has 0 aromatic heterocycles. The third-order valence-corrected chi connectivity index (χ3v) is 4.20. The van der Waals surface area contributed by atoms with Crippen LogP contribution in [0.25, 0.3) is 0 Å². The predicted molar refractivity (Wildman–Crippen MR) is 77.5 cm³/mol. The fourth-order valence-electron chi connectivity index (χ4n) is 2.66. The highest BCUT2D eigenvalue weighted by molar-refractivity contribution is 5.75. The van der Waals surface area contributed by atoms with Gasteiger partial charge in [0.15, 0.2) is 0 Å². The van der Waals surface area contributed by atoms with Gasteiger partial charge in [-0.2, -0.15) is 0 Å². The summed E-state index contributed by atoms with van der Waals surface area (Å²) in [6.07, 6.45) is 13.1. The minimum Gasteiger partial charge on any atom is -0.388 e. The lowest BCUT2D eigenvalue weighted by Gasteiger charge is -2.35. The summed E-state index contributed by atoms with van der Waals surface area (Å²) in [5.41, 5.74) is -0.680. The molecule has 0 aliphatic heterocycles. The van der Waals surface area contributed by atoms with Gasteiger partial charge in [-0.25, -0.2) is 0 Å². The number of terminal acetylenes is 1. The molecule has 3 heteroatoms. The van der Waals surface area contributed by atoms with E-state index in [0.29, 0.717) is 13.0 Å². The van der Waals surface area contributed by atoms with Gasteiger partial charge < -0.3 is 10.4 Å².